The maximum absolute atomic E-state index is 6.34. The van der Waals surface area contributed by atoms with Crippen LogP contribution in [0.5, 0.6) is 0 Å². The van der Waals surface area contributed by atoms with E-state index < -0.39 is 17.4 Å². The molecule has 0 spiro atoms. The highest BCUT2D eigenvalue weighted by atomic mass is 28.4. The molecule has 0 bridgehead atoms. The first-order valence-electron chi connectivity index (χ1n) is 8.90. The lowest BCUT2D eigenvalue weighted by molar-refractivity contribution is 0.590. The van der Waals surface area contributed by atoms with Crippen LogP contribution in [0.2, 0.25) is 26.2 Å². The SMILES string of the molecule is C[SiH](C)O[Si](C)(C)c1ccc(-c2ccccc2-c2ccccc2)cc1. The fourth-order valence-corrected chi connectivity index (χ4v) is 9.54. The van der Waals surface area contributed by atoms with Crippen molar-refractivity contribution in [2.45, 2.75) is 26.2 Å². The molecule has 0 N–H and O–H groups in total. The van der Waals surface area contributed by atoms with Crippen LogP contribution in [0.25, 0.3) is 22.3 Å². The van der Waals surface area contributed by atoms with Crippen LogP contribution in [0.4, 0.5) is 0 Å². The minimum absolute atomic E-state index is 1.02. The summed E-state index contributed by atoms with van der Waals surface area (Å²) in [6.07, 6.45) is 0. The van der Waals surface area contributed by atoms with E-state index in [0.29, 0.717) is 0 Å². The largest absolute Gasteiger partial charge is 0.455 e. The zero-order valence-electron chi connectivity index (χ0n) is 15.5. The molecule has 0 aromatic heterocycles. The van der Waals surface area contributed by atoms with Gasteiger partial charge in [-0.3, -0.25) is 0 Å². The molecule has 0 aliphatic heterocycles. The Labute approximate surface area is 154 Å². The van der Waals surface area contributed by atoms with Gasteiger partial charge < -0.3 is 4.12 Å². The van der Waals surface area contributed by atoms with Crippen molar-refractivity contribution >= 4 is 22.5 Å². The maximum atomic E-state index is 6.34. The monoisotopic (exact) mass is 362 g/mol. The van der Waals surface area contributed by atoms with E-state index in [9.17, 15) is 0 Å². The van der Waals surface area contributed by atoms with Crippen LogP contribution in [0, 0.1) is 0 Å². The van der Waals surface area contributed by atoms with E-state index in [2.05, 4.69) is 105 Å². The average molecular weight is 363 g/mol. The molecule has 0 saturated carbocycles. The van der Waals surface area contributed by atoms with E-state index in [1.54, 1.807) is 0 Å². The summed E-state index contributed by atoms with van der Waals surface area (Å²) in [7, 11) is -2.81. The molecule has 128 valence electrons. The second kappa shape index (κ2) is 7.52. The van der Waals surface area contributed by atoms with Crippen LogP contribution >= 0.6 is 0 Å². The van der Waals surface area contributed by atoms with Crippen molar-refractivity contribution in [3.8, 4) is 22.3 Å². The summed E-state index contributed by atoms with van der Waals surface area (Å²) < 4.78 is 6.34. The smallest absolute Gasteiger partial charge is 0.205 e. The molecule has 3 rings (SSSR count). The van der Waals surface area contributed by atoms with E-state index in [4.69, 9.17) is 4.12 Å². The Hall–Kier alpha value is -1.95. The van der Waals surface area contributed by atoms with Gasteiger partial charge in [-0.25, -0.2) is 0 Å². The summed E-state index contributed by atoms with van der Waals surface area (Å²) in [4.78, 5) is 0. The van der Waals surface area contributed by atoms with Crippen molar-refractivity contribution in [2.75, 3.05) is 0 Å². The summed E-state index contributed by atoms with van der Waals surface area (Å²) in [5.41, 5.74) is 5.07. The van der Waals surface area contributed by atoms with Gasteiger partial charge in [-0.1, -0.05) is 78.9 Å². The van der Waals surface area contributed by atoms with Gasteiger partial charge in [-0.05, 0) is 53.6 Å². The highest BCUT2D eigenvalue weighted by Gasteiger charge is 2.26. The summed E-state index contributed by atoms with van der Waals surface area (Å²) in [5, 5.41) is 1.37. The van der Waals surface area contributed by atoms with Crippen molar-refractivity contribution in [1.82, 2.24) is 0 Å². The Balaban J connectivity index is 1.97. The average Bonchev–Trinajstić information content (AvgIpc) is 2.61. The molecule has 3 heteroatoms. The Morgan fingerprint density at radius 3 is 1.64 bits per heavy atom. The zero-order valence-corrected chi connectivity index (χ0v) is 17.6. The van der Waals surface area contributed by atoms with Gasteiger partial charge in [0.2, 0.25) is 8.32 Å². The van der Waals surface area contributed by atoms with E-state index >= 15 is 0 Å². The van der Waals surface area contributed by atoms with Crippen molar-refractivity contribution in [3.63, 3.8) is 0 Å². The van der Waals surface area contributed by atoms with Crippen LogP contribution in [0.3, 0.4) is 0 Å². The second-order valence-corrected chi connectivity index (χ2v) is 13.8. The number of rotatable bonds is 5. The lowest BCUT2D eigenvalue weighted by Gasteiger charge is -2.26. The zero-order chi connectivity index (χ0) is 17.9. The molecule has 0 aliphatic carbocycles. The summed E-state index contributed by atoms with van der Waals surface area (Å²) in [6, 6.07) is 28.2. The van der Waals surface area contributed by atoms with Crippen molar-refractivity contribution in [2.24, 2.45) is 0 Å². The molecular formula is C22H26OSi2. The van der Waals surface area contributed by atoms with Crippen LogP contribution in [-0.4, -0.2) is 17.4 Å². The Bertz CT molecular complexity index is 824. The summed E-state index contributed by atoms with van der Waals surface area (Å²) >= 11 is 0. The second-order valence-electron chi connectivity index (χ2n) is 7.17. The third kappa shape index (κ3) is 4.18. The first-order chi connectivity index (χ1) is 12.0. The summed E-state index contributed by atoms with van der Waals surface area (Å²) in [6.45, 7) is 9.10. The molecular weight excluding hydrogens is 336 g/mol. The Kier molecular flexibility index (Phi) is 5.37. The fraction of sp³-hybridized carbons (Fsp3) is 0.182. The van der Waals surface area contributed by atoms with Gasteiger partial charge in [0.05, 0.1) is 0 Å². The van der Waals surface area contributed by atoms with Crippen molar-refractivity contribution < 1.29 is 4.12 Å². The molecule has 0 unspecified atom stereocenters. The quantitative estimate of drug-likeness (QED) is 0.550. The van der Waals surface area contributed by atoms with Crippen LogP contribution in [-0.2, 0) is 4.12 Å². The van der Waals surface area contributed by atoms with E-state index in [-0.39, 0.29) is 0 Å². The molecule has 0 heterocycles. The Morgan fingerprint density at radius 2 is 1.12 bits per heavy atom. The van der Waals surface area contributed by atoms with Gasteiger partial charge >= 0.3 is 0 Å². The van der Waals surface area contributed by atoms with Crippen LogP contribution < -0.4 is 5.19 Å². The minimum Gasteiger partial charge on any atom is -0.455 e. The van der Waals surface area contributed by atoms with Crippen molar-refractivity contribution in [1.29, 1.82) is 0 Å². The topological polar surface area (TPSA) is 9.23 Å². The number of hydrogen-bond donors (Lipinski definition) is 0. The lowest BCUT2D eigenvalue weighted by atomic mass is 9.95. The third-order valence-electron chi connectivity index (χ3n) is 4.43. The molecule has 0 radical (unpaired) electrons. The molecule has 0 saturated heterocycles. The Morgan fingerprint density at radius 1 is 0.640 bits per heavy atom. The summed E-state index contributed by atoms with van der Waals surface area (Å²) in [5.74, 6) is 0. The lowest BCUT2D eigenvalue weighted by Crippen LogP contribution is -2.47. The molecule has 3 aromatic rings. The van der Waals surface area contributed by atoms with Gasteiger partial charge in [0, 0.05) is 0 Å². The fourth-order valence-electron chi connectivity index (χ4n) is 3.31. The molecule has 0 aliphatic rings. The van der Waals surface area contributed by atoms with Crippen molar-refractivity contribution in [3.05, 3.63) is 78.9 Å². The van der Waals surface area contributed by atoms with Crippen LogP contribution in [0.1, 0.15) is 0 Å². The molecule has 0 amide bonds. The molecule has 3 aromatic carbocycles. The first kappa shape index (κ1) is 17.9. The number of hydrogen-bond acceptors (Lipinski definition) is 1. The van der Waals surface area contributed by atoms with E-state index in [1.165, 1.54) is 27.4 Å². The van der Waals surface area contributed by atoms with Gasteiger partial charge in [-0.15, -0.1) is 0 Å². The highest BCUT2D eigenvalue weighted by Crippen LogP contribution is 2.31. The normalized spacial score (nSPS) is 11.7. The predicted molar refractivity (Wildman–Crippen MR) is 114 cm³/mol. The maximum Gasteiger partial charge on any atom is 0.205 e. The minimum atomic E-state index is -1.78. The number of benzene rings is 3. The molecule has 0 fully saturated rings. The van der Waals surface area contributed by atoms with Gasteiger partial charge in [0.25, 0.3) is 0 Å². The van der Waals surface area contributed by atoms with Gasteiger partial charge in [0.15, 0.2) is 9.04 Å². The predicted octanol–water partition coefficient (Wildman–Crippen LogP) is 5.43. The highest BCUT2D eigenvalue weighted by molar-refractivity contribution is 6.88. The first-order valence-corrected chi connectivity index (χ1v) is 14.6. The van der Waals surface area contributed by atoms with Crippen LogP contribution in [0.15, 0.2) is 78.9 Å². The molecule has 1 nitrogen and oxygen atoms in total. The standard InChI is InChI=1S/C22H26OSi2/c1-24(2)23-25(3,4)20-16-14-19(15-17-20)22-13-9-8-12-21(22)18-10-6-5-7-11-18/h5-17,24H,1-4H3. The third-order valence-corrected chi connectivity index (χ3v) is 10.4. The van der Waals surface area contributed by atoms with Gasteiger partial charge in [0.1, 0.15) is 0 Å². The van der Waals surface area contributed by atoms with Gasteiger partial charge in [-0.2, -0.15) is 0 Å². The van der Waals surface area contributed by atoms with E-state index in [1.807, 2.05) is 0 Å². The van der Waals surface area contributed by atoms with E-state index in [0.717, 1.165) is 0 Å². The molecule has 25 heavy (non-hydrogen) atoms. The molecule has 0 atom stereocenters.